The van der Waals surface area contributed by atoms with Crippen LogP contribution in [0.3, 0.4) is 0 Å². The smallest absolute Gasteiger partial charge is 0.124 e. The van der Waals surface area contributed by atoms with Crippen molar-refractivity contribution in [2.75, 3.05) is 6.61 Å². The van der Waals surface area contributed by atoms with Crippen LogP contribution < -0.4 is 10.1 Å². The maximum absolute atomic E-state index is 5.74. The van der Waals surface area contributed by atoms with Gasteiger partial charge in [0.1, 0.15) is 12.4 Å². The van der Waals surface area contributed by atoms with Crippen LogP contribution in [-0.2, 0) is 6.54 Å². The highest BCUT2D eigenvalue weighted by molar-refractivity contribution is 5.33. The van der Waals surface area contributed by atoms with Gasteiger partial charge in [0.25, 0.3) is 0 Å². The Hall–Kier alpha value is -1.28. The van der Waals surface area contributed by atoms with Crippen LogP contribution in [0.15, 0.2) is 36.9 Å². The Morgan fingerprint density at radius 1 is 1.29 bits per heavy atom. The maximum atomic E-state index is 5.74. The van der Waals surface area contributed by atoms with E-state index < -0.39 is 0 Å². The maximum Gasteiger partial charge on any atom is 0.124 e. The third-order valence-corrected chi connectivity index (χ3v) is 4.56. The minimum Gasteiger partial charge on any atom is -0.489 e. The summed E-state index contributed by atoms with van der Waals surface area (Å²) in [5.74, 6) is 2.54. The summed E-state index contributed by atoms with van der Waals surface area (Å²) < 4.78 is 5.74. The molecule has 0 aromatic heterocycles. The Balaban J connectivity index is 1.96. The number of nitrogens with one attached hydrogen (secondary N) is 1. The lowest BCUT2D eigenvalue weighted by Gasteiger charge is -2.35. The van der Waals surface area contributed by atoms with Gasteiger partial charge in [-0.2, -0.15) is 0 Å². The van der Waals surface area contributed by atoms with Gasteiger partial charge in [-0.15, -0.1) is 0 Å². The van der Waals surface area contributed by atoms with Gasteiger partial charge in [0.2, 0.25) is 0 Å². The van der Waals surface area contributed by atoms with Crippen molar-refractivity contribution in [3.05, 3.63) is 42.5 Å². The largest absolute Gasteiger partial charge is 0.489 e. The Kier molecular flexibility index (Phi) is 6.31. The van der Waals surface area contributed by atoms with Gasteiger partial charge in [0.05, 0.1) is 0 Å². The van der Waals surface area contributed by atoms with Gasteiger partial charge in [-0.1, -0.05) is 57.5 Å². The first-order valence-electron chi connectivity index (χ1n) is 8.27. The van der Waals surface area contributed by atoms with E-state index in [2.05, 4.69) is 37.9 Å². The summed E-state index contributed by atoms with van der Waals surface area (Å²) in [5, 5.41) is 3.78. The Morgan fingerprint density at radius 2 is 2.05 bits per heavy atom. The summed E-state index contributed by atoms with van der Waals surface area (Å²) in [5.41, 5.74) is 1.24. The summed E-state index contributed by atoms with van der Waals surface area (Å²) in [6.07, 6.45) is 7.21. The van der Waals surface area contributed by atoms with Crippen molar-refractivity contribution in [3.8, 4) is 5.75 Å². The van der Waals surface area contributed by atoms with Crippen LogP contribution in [-0.4, -0.2) is 12.6 Å². The third-order valence-electron chi connectivity index (χ3n) is 4.56. The minimum atomic E-state index is 0.565. The predicted octanol–water partition coefficient (Wildman–Crippen LogP) is 4.56. The quantitative estimate of drug-likeness (QED) is 0.743. The van der Waals surface area contributed by atoms with Crippen LogP contribution in [0.4, 0.5) is 0 Å². The van der Waals surface area contributed by atoms with Gasteiger partial charge in [0, 0.05) is 18.2 Å². The molecule has 2 rings (SSSR count). The first-order chi connectivity index (χ1) is 10.2. The molecule has 21 heavy (non-hydrogen) atoms. The second kappa shape index (κ2) is 8.23. The van der Waals surface area contributed by atoms with Crippen molar-refractivity contribution in [2.24, 2.45) is 11.8 Å². The van der Waals surface area contributed by atoms with Gasteiger partial charge in [0.15, 0.2) is 0 Å². The number of para-hydroxylation sites is 1. The van der Waals surface area contributed by atoms with Crippen LogP contribution in [0.25, 0.3) is 0 Å². The van der Waals surface area contributed by atoms with Crippen LogP contribution >= 0.6 is 0 Å². The summed E-state index contributed by atoms with van der Waals surface area (Å²) in [6, 6.07) is 8.95. The molecule has 1 aliphatic carbocycles. The predicted molar refractivity (Wildman–Crippen MR) is 89.6 cm³/mol. The summed E-state index contributed by atoms with van der Waals surface area (Å²) in [4.78, 5) is 0. The number of hydrogen-bond acceptors (Lipinski definition) is 2. The fraction of sp³-hybridized carbons (Fsp3) is 0.579. The van der Waals surface area contributed by atoms with E-state index in [1.54, 1.807) is 6.08 Å². The van der Waals surface area contributed by atoms with Crippen molar-refractivity contribution in [1.82, 2.24) is 5.32 Å². The van der Waals surface area contributed by atoms with Crippen molar-refractivity contribution < 1.29 is 4.74 Å². The van der Waals surface area contributed by atoms with Gasteiger partial charge in [-0.3, -0.25) is 0 Å². The van der Waals surface area contributed by atoms with Crippen LogP contribution in [0.2, 0.25) is 0 Å². The second-order valence-electron chi connectivity index (χ2n) is 6.39. The molecule has 0 spiro atoms. The normalized spacial score (nSPS) is 22.2. The lowest BCUT2D eigenvalue weighted by atomic mass is 9.78. The molecule has 116 valence electrons. The average Bonchev–Trinajstić information content (AvgIpc) is 2.52. The highest BCUT2D eigenvalue weighted by Crippen LogP contribution is 2.30. The van der Waals surface area contributed by atoms with Crippen molar-refractivity contribution in [1.29, 1.82) is 0 Å². The first kappa shape index (κ1) is 16.1. The van der Waals surface area contributed by atoms with Crippen molar-refractivity contribution >= 4 is 0 Å². The molecule has 2 heteroatoms. The van der Waals surface area contributed by atoms with E-state index >= 15 is 0 Å². The molecule has 0 amide bonds. The Labute approximate surface area is 129 Å². The monoisotopic (exact) mass is 287 g/mol. The van der Waals surface area contributed by atoms with E-state index in [4.69, 9.17) is 4.74 Å². The molecule has 0 radical (unpaired) electrons. The minimum absolute atomic E-state index is 0.565. The summed E-state index contributed by atoms with van der Waals surface area (Å²) >= 11 is 0. The van der Waals surface area contributed by atoms with E-state index in [0.717, 1.165) is 24.1 Å². The molecule has 1 N–H and O–H groups in total. The van der Waals surface area contributed by atoms with Crippen LogP contribution in [0.5, 0.6) is 5.75 Å². The average molecular weight is 287 g/mol. The molecular formula is C19H29NO. The molecule has 0 saturated heterocycles. The molecule has 0 bridgehead atoms. The summed E-state index contributed by atoms with van der Waals surface area (Å²) in [6.45, 7) is 9.87. The van der Waals surface area contributed by atoms with Gasteiger partial charge < -0.3 is 10.1 Å². The second-order valence-corrected chi connectivity index (χ2v) is 6.39. The molecule has 1 aromatic rings. The lowest BCUT2D eigenvalue weighted by Crippen LogP contribution is -2.40. The number of rotatable bonds is 7. The SMILES string of the molecule is C=CCOc1ccccc1CNC1CCCCC1C(C)C. The molecule has 2 unspecified atom stereocenters. The van der Waals surface area contributed by atoms with Crippen molar-refractivity contribution in [3.63, 3.8) is 0 Å². The zero-order chi connectivity index (χ0) is 15.1. The number of benzene rings is 1. The zero-order valence-electron chi connectivity index (χ0n) is 13.5. The Bertz CT molecular complexity index is 441. The summed E-state index contributed by atoms with van der Waals surface area (Å²) in [7, 11) is 0. The first-order valence-corrected chi connectivity index (χ1v) is 8.27. The number of hydrogen-bond donors (Lipinski definition) is 1. The molecule has 0 aliphatic heterocycles. The molecule has 1 saturated carbocycles. The molecule has 2 atom stereocenters. The van der Waals surface area contributed by atoms with E-state index in [1.807, 2.05) is 12.1 Å². The Morgan fingerprint density at radius 3 is 2.81 bits per heavy atom. The third kappa shape index (κ3) is 4.60. The number of ether oxygens (including phenoxy) is 1. The molecule has 1 fully saturated rings. The molecule has 1 aliphatic rings. The fourth-order valence-corrected chi connectivity index (χ4v) is 3.39. The molecular weight excluding hydrogens is 258 g/mol. The van der Waals surface area contributed by atoms with E-state index in [9.17, 15) is 0 Å². The van der Waals surface area contributed by atoms with Crippen LogP contribution in [0.1, 0.15) is 45.1 Å². The highest BCUT2D eigenvalue weighted by atomic mass is 16.5. The van der Waals surface area contributed by atoms with E-state index in [-0.39, 0.29) is 0 Å². The standard InChI is InChI=1S/C19H29NO/c1-4-13-21-19-12-8-5-9-16(19)14-20-18-11-7-6-10-17(18)15(2)3/h4-5,8-9,12,15,17-18,20H,1,6-7,10-11,13-14H2,2-3H3. The van der Waals surface area contributed by atoms with Crippen molar-refractivity contribution in [2.45, 2.75) is 52.1 Å². The zero-order valence-corrected chi connectivity index (χ0v) is 13.5. The van der Waals surface area contributed by atoms with Crippen LogP contribution in [0, 0.1) is 11.8 Å². The highest BCUT2D eigenvalue weighted by Gasteiger charge is 2.27. The lowest BCUT2D eigenvalue weighted by molar-refractivity contribution is 0.204. The molecule has 2 nitrogen and oxygen atoms in total. The topological polar surface area (TPSA) is 21.3 Å². The van der Waals surface area contributed by atoms with E-state index in [1.165, 1.54) is 31.2 Å². The van der Waals surface area contributed by atoms with E-state index in [0.29, 0.717) is 12.6 Å². The fourth-order valence-electron chi connectivity index (χ4n) is 3.39. The van der Waals surface area contributed by atoms with Gasteiger partial charge in [-0.25, -0.2) is 0 Å². The molecule has 0 heterocycles. The van der Waals surface area contributed by atoms with Gasteiger partial charge in [-0.05, 0) is 30.7 Å². The molecule has 1 aromatic carbocycles. The van der Waals surface area contributed by atoms with Gasteiger partial charge >= 0.3 is 0 Å².